The molecule has 1 N–H and O–H groups in total. The van der Waals surface area contributed by atoms with E-state index in [4.69, 9.17) is 0 Å². The summed E-state index contributed by atoms with van der Waals surface area (Å²) in [7, 11) is 0. The summed E-state index contributed by atoms with van der Waals surface area (Å²) >= 11 is 0. The predicted molar refractivity (Wildman–Crippen MR) is 62.0 cm³/mol. The van der Waals surface area contributed by atoms with Crippen molar-refractivity contribution in [3.05, 3.63) is 48.0 Å². The van der Waals surface area contributed by atoms with Crippen LogP contribution in [-0.2, 0) is 6.54 Å². The molecule has 0 saturated carbocycles. The number of rotatable bonds is 4. The molecular formula is C12H13F2N3. The molecule has 0 atom stereocenters. The lowest BCUT2D eigenvalue weighted by Crippen LogP contribution is -2.09. The Bertz CT molecular complexity index is 494. The third-order valence-electron chi connectivity index (χ3n) is 2.43. The summed E-state index contributed by atoms with van der Waals surface area (Å²) in [6.07, 6.45) is 2.65. The molecule has 17 heavy (non-hydrogen) atoms. The smallest absolute Gasteiger partial charge is 0.319 e. The minimum absolute atomic E-state index is 0.279. The van der Waals surface area contributed by atoms with Crippen LogP contribution in [0.25, 0.3) is 0 Å². The molecule has 0 unspecified atom stereocenters. The van der Waals surface area contributed by atoms with E-state index < -0.39 is 6.55 Å². The van der Waals surface area contributed by atoms with Crippen LogP contribution in [0, 0.1) is 6.92 Å². The average Bonchev–Trinajstić information content (AvgIpc) is 2.74. The van der Waals surface area contributed by atoms with Gasteiger partial charge in [-0.05, 0) is 24.6 Å². The molecule has 0 aliphatic carbocycles. The van der Waals surface area contributed by atoms with Crippen LogP contribution in [0.4, 0.5) is 14.5 Å². The molecule has 0 spiro atoms. The van der Waals surface area contributed by atoms with Crippen molar-refractivity contribution < 1.29 is 8.78 Å². The Kier molecular flexibility index (Phi) is 3.37. The van der Waals surface area contributed by atoms with Crippen LogP contribution in [0.15, 0.2) is 36.7 Å². The Hall–Kier alpha value is -1.91. The fourth-order valence-electron chi connectivity index (χ4n) is 1.59. The summed E-state index contributed by atoms with van der Waals surface area (Å²) in [5.74, 6) is 0.321. The molecule has 0 amide bonds. The molecule has 0 fully saturated rings. The quantitative estimate of drug-likeness (QED) is 0.885. The first kappa shape index (κ1) is 11.6. The van der Waals surface area contributed by atoms with Crippen LogP contribution in [0.1, 0.15) is 17.9 Å². The van der Waals surface area contributed by atoms with Gasteiger partial charge in [0.2, 0.25) is 0 Å². The van der Waals surface area contributed by atoms with Gasteiger partial charge < -0.3 is 5.32 Å². The van der Waals surface area contributed by atoms with Crippen LogP contribution in [0.3, 0.4) is 0 Å². The standard InChI is InChI=1S/C12H13F2N3/c1-9-3-2-4-10(7-9)16-8-11-15-5-6-17(11)12(13)14/h2-7,12,16H,8H2,1H3. The maximum absolute atomic E-state index is 12.5. The highest BCUT2D eigenvalue weighted by molar-refractivity contribution is 5.45. The Morgan fingerprint density at radius 3 is 2.94 bits per heavy atom. The second-order valence-electron chi connectivity index (χ2n) is 3.75. The van der Waals surface area contributed by atoms with E-state index in [1.54, 1.807) is 0 Å². The zero-order chi connectivity index (χ0) is 12.3. The number of halogens is 2. The summed E-state index contributed by atoms with van der Waals surface area (Å²) < 4.78 is 25.9. The largest absolute Gasteiger partial charge is 0.378 e. The first-order valence-electron chi connectivity index (χ1n) is 5.27. The van der Waals surface area contributed by atoms with E-state index in [0.717, 1.165) is 15.8 Å². The maximum Gasteiger partial charge on any atom is 0.319 e. The summed E-state index contributed by atoms with van der Waals surface area (Å²) in [4.78, 5) is 3.90. The van der Waals surface area contributed by atoms with Crippen LogP contribution < -0.4 is 5.32 Å². The molecule has 2 aromatic rings. The van der Waals surface area contributed by atoms with Gasteiger partial charge in [-0.3, -0.25) is 4.57 Å². The van der Waals surface area contributed by atoms with Gasteiger partial charge in [0.25, 0.3) is 0 Å². The number of alkyl halides is 2. The number of nitrogens with zero attached hydrogens (tertiary/aromatic N) is 2. The number of aryl methyl sites for hydroxylation is 1. The van der Waals surface area contributed by atoms with Crippen molar-refractivity contribution in [3.63, 3.8) is 0 Å². The maximum atomic E-state index is 12.5. The van der Waals surface area contributed by atoms with Crippen LogP contribution >= 0.6 is 0 Å². The molecule has 3 nitrogen and oxygen atoms in total. The predicted octanol–water partition coefficient (Wildman–Crippen LogP) is 3.20. The van der Waals surface area contributed by atoms with E-state index in [-0.39, 0.29) is 6.54 Å². The van der Waals surface area contributed by atoms with E-state index in [1.807, 2.05) is 31.2 Å². The van der Waals surface area contributed by atoms with Crippen LogP contribution in [-0.4, -0.2) is 9.55 Å². The number of anilines is 1. The van der Waals surface area contributed by atoms with Crippen molar-refractivity contribution in [1.29, 1.82) is 0 Å². The molecule has 1 aromatic carbocycles. The SMILES string of the molecule is Cc1cccc(NCc2nccn2C(F)F)c1. The molecular weight excluding hydrogens is 224 g/mol. The van der Waals surface area contributed by atoms with Gasteiger partial charge in [-0.25, -0.2) is 4.98 Å². The van der Waals surface area contributed by atoms with Gasteiger partial charge in [-0.2, -0.15) is 8.78 Å². The zero-order valence-corrected chi connectivity index (χ0v) is 9.40. The summed E-state index contributed by atoms with van der Waals surface area (Å²) in [5, 5.41) is 3.07. The van der Waals surface area contributed by atoms with Crippen molar-refractivity contribution >= 4 is 5.69 Å². The van der Waals surface area contributed by atoms with E-state index in [2.05, 4.69) is 10.3 Å². The molecule has 0 bridgehead atoms. The minimum atomic E-state index is -2.55. The van der Waals surface area contributed by atoms with E-state index in [9.17, 15) is 8.78 Å². The first-order chi connectivity index (χ1) is 8.16. The zero-order valence-electron chi connectivity index (χ0n) is 9.40. The molecule has 0 radical (unpaired) electrons. The fourth-order valence-corrected chi connectivity index (χ4v) is 1.59. The number of imidazole rings is 1. The van der Waals surface area contributed by atoms with E-state index >= 15 is 0 Å². The Morgan fingerprint density at radius 1 is 1.41 bits per heavy atom. The molecule has 0 aliphatic heterocycles. The molecule has 0 aliphatic rings. The molecule has 2 rings (SSSR count). The van der Waals surface area contributed by atoms with Crippen LogP contribution in [0.2, 0.25) is 0 Å². The van der Waals surface area contributed by atoms with Gasteiger partial charge in [0.05, 0.1) is 6.54 Å². The number of nitrogens with one attached hydrogen (secondary N) is 1. The lowest BCUT2D eigenvalue weighted by molar-refractivity contribution is 0.0673. The fraction of sp³-hybridized carbons (Fsp3) is 0.250. The second kappa shape index (κ2) is 4.95. The lowest BCUT2D eigenvalue weighted by atomic mass is 10.2. The van der Waals surface area contributed by atoms with Crippen molar-refractivity contribution in [3.8, 4) is 0 Å². The van der Waals surface area contributed by atoms with Gasteiger partial charge in [0.15, 0.2) is 0 Å². The summed E-state index contributed by atoms with van der Waals surface area (Å²) in [6, 6.07) is 7.74. The summed E-state index contributed by atoms with van der Waals surface area (Å²) in [5.41, 5.74) is 2.01. The second-order valence-corrected chi connectivity index (χ2v) is 3.75. The number of hydrogen-bond acceptors (Lipinski definition) is 2. The average molecular weight is 237 g/mol. The van der Waals surface area contributed by atoms with Gasteiger partial charge in [-0.15, -0.1) is 0 Å². The molecule has 1 heterocycles. The third kappa shape index (κ3) is 2.81. The Morgan fingerprint density at radius 2 is 2.24 bits per heavy atom. The van der Waals surface area contributed by atoms with Gasteiger partial charge in [0.1, 0.15) is 5.82 Å². The monoisotopic (exact) mass is 237 g/mol. The van der Waals surface area contributed by atoms with Crippen molar-refractivity contribution in [1.82, 2.24) is 9.55 Å². The number of hydrogen-bond donors (Lipinski definition) is 1. The van der Waals surface area contributed by atoms with E-state index in [1.165, 1.54) is 12.4 Å². The highest BCUT2D eigenvalue weighted by atomic mass is 19.3. The molecule has 0 saturated heterocycles. The Balaban J connectivity index is 2.05. The Labute approximate surface area is 98.1 Å². The van der Waals surface area contributed by atoms with Gasteiger partial charge in [0, 0.05) is 18.1 Å². The van der Waals surface area contributed by atoms with Gasteiger partial charge in [-0.1, -0.05) is 12.1 Å². The topological polar surface area (TPSA) is 29.9 Å². The molecule has 5 heteroatoms. The van der Waals surface area contributed by atoms with Crippen molar-refractivity contribution in [2.24, 2.45) is 0 Å². The van der Waals surface area contributed by atoms with Crippen molar-refractivity contribution in [2.45, 2.75) is 20.0 Å². The molecule has 1 aromatic heterocycles. The van der Waals surface area contributed by atoms with Crippen LogP contribution in [0.5, 0.6) is 0 Å². The van der Waals surface area contributed by atoms with Crippen molar-refractivity contribution in [2.75, 3.05) is 5.32 Å². The normalized spacial score (nSPS) is 10.8. The highest BCUT2D eigenvalue weighted by Gasteiger charge is 2.10. The molecule has 90 valence electrons. The van der Waals surface area contributed by atoms with Gasteiger partial charge >= 0.3 is 6.55 Å². The highest BCUT2D eigenvalue weighted by Crippen LogP contribution is 2.15. The number of aromatic nitrogens is 2. The third-order valence-corrected chi connectivity index (χ3v) is 2.43. The first-order valence-corrected chi connectivity index (χ1v) is 5.27. The minimum Gasteiger partial charge on any atom is -0.378 e. The summed E-state index contributed by atoms with van der Waals surface area (Å²) in [6.45, 7) is -0.293. The van der Waals surface area contributed by atoms with E-state index in [0.29, 0.717) is 5.82 Å². The number of benzene rings is 1. The lowest BCUT2D eigenvalue weighted by Gasteiger charge is -2.09.